The van der Waals surface area contributed by atoms with E-state index in [1.807, 2.05) is 6.92 Å². The molecular formula is C21H23N2O6S. The summed E-state index contributed by atoms with van der Waals surface area (Å²) < 4.78 is 37.0. The minimum atomic E-state index is -3.88. The Kier molecular flexibility index (Phi) is 6.02. The van der Waals surface area contributed by atoms with Crippen molar-refractivity contribution < 1.29 is 27.5 Å². The highest BCUT2D eigenvalue weighted by molar-refractivity contribution is 7.91. The number of nitrogens with two attached hydrogens (primary N) is 1. The number of benzene rings is 2. The van der Waals surface area contributed by atoms with Crippen LogP contribution < -0.4 is 15.2 Å². The molecule has 0 saturated heterocycles. The van der Waals surface area contributed by atoms with Gasteiger partial charge in [-0.15, -0.1) is 0 Å². The predicted molar refractivity (Wildman–Crippen MR) is 110 cm³/mol. The molecule has 1 heterocycles. The molecule has 0 saturated carbocycles. The van der Waals surface area contributed by atoms with Gasteiger partial charge in [-0.05, 0) is 43.2 Å². The first-order chi connectivity index (χ1) is 14.2. The molecule has 2 aromatic carbocycles. The van der Waals surface area contributed by atoms with Crippen LogP contribution in [0.5, 0.6) is 11.5 Å². The van der Waals surface area contributed by atoms with Crippen molar-refractivity contribution in [1.82, 2.24) is 4.90 Å². The largest absolute Gasteiger partial charge is 0.493 e. The second-order valence-electron chi connectivity index (χ2n) is 6.84. The zero-order valence-corrected chi connectivity index (χ0v) is 17.7. The number of sulfone groups is 1. The van der Waals surface area contributed by atoms with Crippen LogP contribution in [0.4, 0.5) is 0 Å². The molecule has 0 bridgehead atoms. The molecule has 9 heteroatoms. The summed E-state index contributed by atoms with van der Waals surface area (Å²) in [5, 5.41) is -1.28. The van der Waals surface area contributed by atoms with Crippen molar-refractivity contribution in [1.29, 1.82) is 0 Å². The van der Waals surface area contributed by atoms with E-state index in [0.717, 1.165) is 4.90 Å². The van der Waals surface area contributed by atoms with Crippen molar-refractivity contribution in [3.63, 3.8) is 0 Å². The van der Waals surface area contributed by atoms with Gasteiger partial charge < -0.3 is 20.1 Å². The summed E-state index contributed by atoms with van der Waals surface area (Å²) in [4.78, 5) is 26.0. The third kappa shape index (κ3) is 3.85. The summed E-state index contributed by atoms with van der Waals surface area (Å²) >= 11 is 0. The summed E-state index contributed by atoms with van der Waals surface area (Å²) in [6, 6.07) is 11.2. The van der Waals surface area contributed by atoms with Gasteiger partial charge in [-0.2, -0.15) is 0 Å². The first kappa shape index (κ1) is 21.6. The third-order valence-corrected chi connectivity index (χ3v) is 6.99. The Morgan fingerprint density at radius 1 is 1.30 bits per heavy atom. The number of methoxy groups -OCH3 is 1. The number of nitrogens with zero attached hydrogens (tertiary/aromatic N) is 1. The zero-order chi connectivity index (χ0) is 22.1. The number of carbonyl (C=O) groups is 2. The van der Waals surface area contributed by atoms with E-state index in [2.05, 4.69) is 6.07 Å². The van der Waals surface area contributed by atoms with E-state index in [1.165, 1.54) is 20.1 Å². The molecule has 2 N–H and O–H groups in total. The van der Waals surface area contributed by atoms with Crippen molar-refractivity contribution in [3.05, 3.63) is 59.2 Å². The number of rotatable bonds is 8. The van der Waals surface area contributed by atoms with Crippen LogP contribution in [-0.2, 0) is 20.4 Å². The van der Waals surface area contributed by atoms with Crippen LogP contribution in [0.25, 0.3) is 0 Å². The Morgan fingerprint density at radius 2 is 2.03 bits per heavy atom. The summed E-state index contributed by atoms with van der Waals surface area (Å²) in [6.45, 7) is 3.57. The highest BCUT2D eigenvalue weighted by atomic mass is 32.2. The Hall–Kier alpha value is -3.07. The number of amides is 2. The van der Waals surface area contributed by atoms with Crippen LogP contribution >= 0.6 is 0 Å². The monoisotopic (exact) mass is 431 g/mol. The number of carbonyl (C=O) groups excluding carboxylic acids is 2. The Labute approximate surface area is 175 Å². The molecule has 3 rings (SSSR count). The van der Waals surface area contributed by atoms with Gasteiger partial charge >= 0.3 is 0 Å². The summed E-state index contributed by atoms with van der Waals surface area (Å²) in [7, 11) is -2.38. The van der Waals surface area contributed by atoms with Gasteiger partial charge in [0.2, 0.25) is 5.91 Å². The van der Waals surface area contributed by atoms with E-state index >= 15 is 0 Å². The predicted octanol–water partition coefficient (Wildman–Crippen LogP) is 1.84. The summed E-state index contributed by atoms with van der Waals surface area (Å²) in [5.41, 5.74) is 6.50. The second kappa shape index (κ2) is 8.35. The maximum atomic E-state index is 13.1. The number of ether oxygens (including phenoxy) is 2. The lowest BCUT2D eigenvalue weighted by Crippen LogP contribution is -2.45. The van der Waals surface area contributed by atoms with Crippen molar-refractivity contribution >= 4 is 21.7 Å². The van der Waals surface area contributed by atoms with Crippen molar-refractivity contribution in [3.8, 4) is 11.5 Å². The Morgan fingerprint density at radius 3 is 2.67 bits per heavy atom. The number of hydrogen-bond acceptors (Lipinski definition) is 6. The molecule has 8 nitrogen and oxygen atoms in total. The lowest BCUT2D eigenvalue weighted by Gasteiger charge is -2.29. The summed E-state index contributed by atoms with van der Waals surface area (Å²) in [5.74, 6) is -0.828. The van der Waals surface area contributed by atoms with Gasteiger partial charge in [0.15, 0.2) is 21.3 Å². The third-order valence-electron chi connectivity index (χ3n) is 4.99. The van der Waals surface area contributed by atoms with Crippen molar-refractivity contribution in [2.75, 3.05) is 13.7 Å². The van der Waals surface area contributed by atoms with Gasteiger partial charge in [-0.25, -0.2) is 8.42 Å². The second-order valence-corrected chi connectivity index (χ2v) is 9.14. The molecule has 0 spiro atoms. The zero-order valence-electron chi connectivity index (χ0n) is 16.9. The summed E-state index contributed by atoms with van der Waals surface area (Å²) in [6.07, 6.45) is 0. The standard InChI is InChI=1S/C21H23N2O6S/c1-4-29-18-11-14(9-10-17(18)28-3)12-30(26,27)13(2)23-19(20(22)24)15-7-5-6-8-16(15)21(23)25/h5-7,9-11,13,19H,4,12H2,1-3H3,(H2,22,24). The molecular weight excluding hydrogens is 408 g/mol. The Bertz CT molecular complexity index is 1080. The molecule has 159 valence electrons. The maximum Gasteiger partial charge on any atom is 0.256 e. The smallest absolute Gasteiger partial charge is 0.256 e. The minimum absolute atomic E-state index is 0.159. The lowest BCUT2D eigenvalue weighted by molar-refractivity contribution is -0.122. The highest BCUT2D eigenvalue weighted by Gasteiger charge is 2.46. The van der Waals surface area contributed by atoms with Crippen LogP contribution in [0.1, 0.15) is 41.4 Å². The lowest BCUT2D eigenvalue weighted by atomic mass is 10.0. The average molecular weight is 431 g/mol. The fourth-order valence-electron chi connectivity index (χ4n) is 3.53. The maximum absolute atomic E-state index is 13.1. The van der Waals surface area contributed by atoms with E-state index in [1.54, 1.807) is 30.3 Å². The van der Waals surface area contributed by atoms with Crippen LogP contribution in [0.3, 0.4) is 0 Å². The van der Waals surface area contributed by atoms with Crippen molar-refractivity contribution in [2.24, 2.45) is 5.73 Å². The molecule has 1 radical (unpaired) electrons. The van der Waals surface area contributed by atoms with E-state index in [0.29, 0.717) is 29.2 Å². The quantitative estimate of drug-likeness (QED) is 0.682. The fourth-order valence-corrected chi connectivity index (χ4v) is 4.98. The first-order valence-electron chi connectivity index (χ1n) is 9.35. The number of primary amides is 1. The molecule has 2 atom stereocenters. The SMILES string of the molecule is CCOc1cc(CS(=O)(=O)C(C)N2C(=O)c3[c]cccc3C2C(N)=O)ccc1OC. The minimum Gasteiger partial charge on any atom is -0.493 e. The van der Waals surface area contributed by atoms with Gasteiger partial charge in [-0.3, -0.25) is 9.59 Å². The van der Waals surface area contributed by atoms with Crippen molar-refractivity contribution in [2.45, 2.75) is 31.0 Å². The molecule has 1 aliphatic heterocycles. The normalized spacial score (nSPS) is 16.8. The molecule has 1 aliphatic rings. The van der Waals surface area contributed by atoms with Crippen LogP contribution in [0, 0.1) is 6.07 Å². The molecule has 2 aromatic rings. The van der Waals surface area contributed by atoms with Gasteiger partial charge in [-0.1, -0.05) is 24.3 Å². The molecule has 0 aromatic heterocycles. The van der Waals surface area contributed by atoms with Crippen LogP contribution in [0.2, 0.25) is 0 Å². The Balaban J connectivity index is 1.92. The van der Waals surface area contributed by atoms with E-state index < -0.39 is 33.1 Å². The number of fused-ring (bicyclic) bond motifs is 1. The number of hydrogen-bond donors (Lipinski definition) is 1. The average Bonchev–Trinajstić information content (AvgIpc) is 3.00. The van der Waals surface area contributed by atoms with E-state index in [9.17, 15) is 18.0 Å². The molecule has 30 heavy (non-hydrogen) atoms. The fraction of sp³-hybridized carbons (Fsp3) is 0.333. The van der Waals surface area contributed by atoms with Gasteiger partial charge in [0.25, 0.3) is 5.91 Å². The van der Waals surface area contributed by atoms with Crippen LogP contribution in [0.15, 0.2) is 36.4 Å². The molecule has 2 amide bonds. The molecule has 2 unspecified atom stereocenters. The molecule has 0 fully saturated rings. The topological polar surface area (TPSA) is 116 Å². The van der Waals surface area contributed by atoms with E-state index in [-0.39, 0.29) is 11.3 Å². The van der Waals surface area contributed by atoms with Gasteiger partial charge in [0.05, 0.1) is 25.0 Å². The van der Waals surface area contributed by atoms with Gasteiger partial charge in [0, 0.05) is 0 Å². The van der Waals surface area contributed by atoms with Gasteiger partial charge in [0.1, 0.15) is 11.4 Å². The highest BCUT2D eigenvalue weighted by Crippen LogP contribution is 2.37. The van der Waals surface area contributed by atoms with Crippen LogP contribution in [-0.4, -0.2) is 44.2 Å². The first-order valence-corrected chi connectivity index (χ1v) is 11.1. The molecule has 0 aliphatic carbocycles. The van der Waals surface area contributed by atoms with E-state index in [4.69, 9.17) is 15.2 Å².